The summed E-state index contributed by atoms with van der Waals surface area (Å²) in [7, 11) is 0. The average Bonchev–Trinajstić information content (AvgIpc) is 2.39. The maximum atomic E-state index is 8.85. The summed E-state index contributed by atoms with van der Waals surface area (Å²) in [6.45, 7) is 4.09. The first-order valence-corrected chi connectivity index (χ1v) is 6.07. The van der Waals surface area contributed by atoms with Crippen LogP contribution in [-0.2, 0) is 0 Å². The van der Waals surface area contributed by atoms with Crippen molar-refractivity contribution in [3.8, 4) is 6.07 Å². The number of nitrogens with two attached hydrogens (primary N) is 1. The van der Waals surface area contributed by atoms with Crippen molar-refractivity contribution in [3.63, 3.8) is 0 Å². The normalized spacial score (nSPS) is 21.9. The van der Waals surface area contributed by atoms with Crippen molar-refractivity contribution in [2.24, 2.45) is 11.7 Å². The fraction of sp³-hybridized carbons (Fsp3) is 0.538. The largest absolute Gasteiger partial charge is 0.371 e. The monoisotopic (exact) mass is 230 g/mol. The molecule has 0 saturated carbocycles. The molecule has 2 unspecified atom stereocenters. The number of anilines is 1. The zero-order valence-electron chi connectivity index (χ0n) is 10.1. The number of hydrogen-bond donors (Lipinski definition) is 1. The van der Waals surface area contributed by atoms with Crippen molar-refractivity contribution in [2.75, 3.05) is 18.0 Å². The molecule has 1 aliphatic heterocycles. The van der Waals surface area contributed by atoms with Gasteiger partial charge in [0.2, 0.25) is 0 Å². The molecule has 4 nitrogen and oxygen atoms in total. The number of pyridine rings is 1. The molecule has 90 valence electrons. The van der Waals surface area contributed by atoms with Gasteiger partial charge in [0.05, 0.1) is 0 Å². The number of rotatable bonds is 2. The highest BCUT2D eigenvalue weighted by Crippen LogP contribution is 2.24. The molecular weight excluding hydrogens is 212 g/mol. The first kappa shape index (κ1) is 11.9. The Kier molecular flexibility index (Phi) is 3.60. The Balaban J connectivity index is 2.13. The van der Waals surface area contributed by atoms with E-state index in [1.807, 2.05) is 12.1 Å². The molecule has 4 heteroatoms. The molecule has 1 aromatic rings. The lowest BCUT2D eigenvalue weighted by Gasteiger charge is -2.36. The summed E-state index contributed by atoms with van der Waals surface area (Å²) in [6, 6.07) is 6.12. The lowest BCUT2D eigenvalue weighted by molar-refractivity contribution is 0.364. The summed E-state index contributed by atoms with van der Waals surface area (Å²) < 4.78 is 0. The standard InChI is InChI=1S/C13H18N4/c1-10(15)11-3-2-6-17(9-11)13-4-5-16-12(7-13)8-14/h4-5,7,10-11H,2-3,6,9,15H2,1H3. The molecule has 0 aromatic carbocycles. The van der Waals surface area contributed by atoms with Crippen LogP contribution in [-0.4, -0.2) is 24.1 Å². The van der Waals surface area contributed by atoms with Crippen LogP contribution < -0.4 is 10.6 Å². The van der Waals surface area contributed by atoms with Gasteiger partial charge in [-0.15, -0.1) is 0 Å². The molecule has 1 aromatic heterocycles. The minimum Gasteiger partial charge on any atom is -0.371 e. The predicted octanol–water partition coefficient (Wildman–Crippen LogP) is 1.52. The number of aromatic nitrogens is 1. The molecule has 1 saturated heterocycles. The highest BCUT2D eigenvalue weighted by atomic mass is 15.1. The maximum Gasteiger partial charge on any atom is 0.142 e. The quantitative estimate of drug-likeness (QED) is 0.836. The maximum absolute atomic E-state index is 8.85. The van der Waals surface area contributed by atoms with Crippen molar-refractivity contribution < 1.29 is 0 Å². The summed E-state index contributed by atoms with van der Waals surface area (Å²) in [5.41, 5.74) is 7.53. The van der Waals surface area contributed by atoms with Crippen molar-refractivity contribution in [1.82, 2.24) is 4.98 Å². The van der Waals surface area contributed by atoms with Crippen LogP contribution in [0.1, 0.15) is 25.5 Å². The van der Waals surface area contributed by atoms with Crippen molar-refractivity contribution >= 4 is 5.69 Å². The molecule has 0 amide bonds. The topological polar surface area (TPSA) is 65.9 Å². The van der Waals surface area contributed by atoms with Gasteiger partial charge in [-0.05, 0) is 37.8 Å². The van der Waals surface area contributed by atoms with E-state index < -0.39 is 0 Å². The molecule has 0 aliphatic carbocycles. The third-order valence-electron chi connectivity index (χ3n) is 3.42. The van der Waals surface area contributed by atoms with Crippen molar-refractivity contribution in [3.05, 3.63) is 24.0 Å². The van der Waals surface area contributed by atoms with E-state index in [0.717, 1.165) is 25.2 Å². The number of nitriles is 1. The fourth-order valence-corrected chi connectivity index (χ4v) is 2.35. The molecule has 0 bridgehead atoms. The Morgan fingerprint density at radius 3 is 3.18 bits per heavy atom. The first-order valence-electron chi connectivity index (χ1n) is 6.07. The van der Waals surface area contributed by atoms with E-state index in [9.17, 15) is 0 Å². The molecule has 2 atom stereocenters. The summed E-state index contributed by atoms with van der Waals surface area (Å²) in [5.74, 6) is 0.544. The van der Waals surface area contributed by atoms with Crippen LogP contribution >= 0.6 is 0 Å². The van der Waals surface area contributed by atoms with Gasteiger partial charge >= 0.3 is 0 Å². The van der Waals surface area contributed by atoms with E-state index >= 15 is 0 Å². The SMILES string of the molecule is CC(N)C1CCCN(c2ccnc(C#N)c2)C1. The number of hydrogen-bond acceptors (Lipinski definition) is 4. The van der Waals surface area contributed by atoms with Gasteiger partial charge in [0.25, 0.3) is 0 Å². The van der Waals surface area contributed by atoms with Crippen LogP contribution in [0.25, 0.3) is 0 Å². The first-order chi connectivity index (χ1) is 8.20. The van der Waals surface area contributed by atoms with Gasteiger partial charge in [-0.3, -0.25) is 0 Å². The van der Waals surface area contributed by atoms with Crippen LogP contribution in [0.15, 0.2) is 18.3 Å². The van der Waals surface area contributed by atoms with E-state index in [4.69, 9.17) is 11.0 Å². The molecule has 0 radical (unpaired) electrons. The van der Waals surface area contributed by atoms with Gasteiger partial charge in [0.15, 0.2) is 0 Å². The molecule has 17 heavy (non-hydrogen) atoms. The van der Waals surface area contributed by atoms with Gasteiger partial charge in [-0.1, -0.05) is 0 Å². The summed E-state index contributed by atoms with van der Waals surface area (Å²) in [4.78, 5) is 6.30. The van der Waals surface area contributed by atoms with Gasteiger partial charge in [-0.25, -0.2) is 4.98 Å². The summed E-state index contributed by atoms with van der Waals surface area (Å²) in [5, 5.41) is 8.85. The van der Waals surface area contributed by atoms with Crippen LogP contribution in [0.3, 0.4) is 0 Å². The molecule has 2 heterocycles. The summed E-state index contributed by atoms with van der Waals surface area (Å²) in [6.07, 6.45) is 4.06. The molecule has 2 N–H and O–H groups in total. The number of piperidine rings is 1. The van der Waals surface area contributed by atoms with Crippen LogP contribution in [0, 0.1) is 17.2 Å². The fourth-order valence-electron chi connectivity index (χ4n) is 2.35. The third kappa shape index (κ3) is 2.75. The Morgan fingerprint density at radius 2 is 2.47 bits per heavy atom. The average molecular weight is 230 g/mol. The lowest BCUT2D eigenvalue weighted by atomic mass is 9.92. The van der Waals surface area contributed by atoms with Crippen LogP contribution in [0.5, 0.6) is 0 Å². The summed E-state index contributed by atoms with van der Waals surface area (Å²) >= 11 is 0. The molecular formula is C13H18N4. The zero-order valence-corrected chi connectivity index (χ0v) is 10.1. The molecule has 1 aliphatic rings. The highest BCUT2D eigenvalue weighted by Gasteiger charge is 2.22. The zero-order chi connectivity index (χ0) is 12.3. The van der Waals surface area contributed by atoms with Gasteiger partial charge in [-0.2, -0.15) is 5.26 Å². The highest BCUT2D eigenvalue weighted by molar-refractivity contribution is 5.49. The van der Waals surface area contributed by atoms with Gasteiger partial charge < -0.3 is 10.6 Å². The van der Waals surface area contributed by atoms with Gasteiger partial charge in [0.1, 0.15) is 11.8 Å². The second-order valence-electron chi connectivity index (χ2n) is 4.72. The Morgan fingerprint density at radius 1 is 1.65 bits per heavy atom. The minimum atomic E-state index is 0.232. The third-order valence-corrected chi connectivity index (χ3v) is 3.42. The Bertz CT molecular complexity index is 422. The van der Waals surface area contributed by atoms with Crippen molar-refractivity contribution in [1.29, 1.82) is 5.26 Å². The van der Waals surface area contributed by atoms with Crippen LogP contribution in [0.2, 0.25) is 0 Å². The Labute approximate surface area is 102 Å². The van der Waals surface area contributed by atoms with E-state index in [0.29, 0.717) is 11.6 Å². The predicted molar refractivity (Wildman–Crippen MR) is 67.5 cm³/mol. The second-order valence-corrected chi connectivity index (χ2v) is 4.72. The van der Waals surface area contributed by atoms with Crippen LogP contribution in [0.4, 0.5) is 5.69 Å². The smallest absolute Gasteiger partial charge is 0.142 e. The van der Waals surface area contributed by atoms with E-state index in [-0.39, 0.29) is 6.04 Å². The lowest BCUT2D eigenvalue weighted by Crippen LogP contribution is -2.42. The Hall–Kier alpha value is -1.60. The van der Waals surface area contributed by atoms with E-state index in [2.05, 4.69) is 22.9 Å². The molecule has 1 fully saturated rings. The second kappa shape index (κ2) is 5.15. The number of nitrogens with zero attached hydrogens (tertiary/aromatic N) is 3. The molecule has 2 rings (SSSR count). The van der Waals surface area contributed by atoms with Crippen molar-refractivity contribution in [2.45, 2.75) is 25.8 Å². The van der Waals surface area contributed by atoms with E-state index in [1.54, 1.807) is 6.20 Å². The molecule has 0 spiro atoms. The minimum absolute atomic E-state index is 0.232. The van der Waals surface area contributed by atoms with E-state index in [1.165, 1.54) is 6.42 Å². The van der Waals surface area contributed by atoms with Gasteiger partial charge in [0, 0.05) is 31.0 Å².